The lowest BCUT2D eigenvalue weighted by molar-refractivity contribution is -0.126. The maximum absolute atomic E-state index is 13.3. The van der Waals surface area contributed by atoms with E-state index in [1.807, 2.05) is 44.2 Å². The van der Waals surface area contributed by atoms with Crippen molar-refractivity contribution in [1.29, 1.82) is 0 Å². The smallest absolute Gasteiger partial charge is 0.230 e. The first kappa shape index (κ1) is 27.7. The first-order valence-electron chi connectivity index (χ1n) is 14.0. The average Bonchev–Trinajstić information content (AvgIpc) is 3.40. The molecule has 2 aromatic rings. The lowest BCUT2D eigenvalue weighted by atomic mass is 9.78. The van der Waals surface area contributed by atoms with E-state index in [9.17, 15) is 9.59 Å². The number of benzene rings is 2. The molecule has 1 aliphatic heterocycles. The molecule has 2 amide bonds. The van der Waals surface area contributed by atoms with E-state index in [1.54, 1.807) is 0 Å². The zero-order chi connectivity index (χ0) is 26.4. The third-order valence-electron chi connectivity index (χ3n) is 8.32. The predicted molar refractivity (Wildman–Crippen MR) is 152 cm³/mol. The van der Waals surface area contributed by atoms with Crippen LogP contribution < -0.4 is 10.6 Å². The van der Waals surface area contributed by atoms with E-state index in [0.717, 1.165) is 75.8 Å². The van der Waals surface area contributed by atoms with Crippen molar-refractivity contribution in [2.24, 2.45) is 5.92 Å². The van der Waals surface area contributed by atoms with Gasteiger partial charge >= 0.3 is 0 Å². The predicted octanol–water partition coefficient (Wildman–Crippen LogP) is 6.44. The summed E-state index contributed by atoms with van der Waals surface area (Å²) in [6.07, 6.45) is 7.21. The Bertz CT molecular complexity index is 1070. The molecule has 0 radical (unpaired) electrons. The minimum Gasteiger partial charge on any atom is -0.355 e. The highest BCUT2D eigenvalue weighted by Gasteiger charge is 2.42. The van der Waals surface area contributed by atoms with Gasteiger partial charge in [0.25, 0.3) is 0 Å². The molecule has 2 aliphatic rings. The van der Waals surface area contributed by atoms with E-state index < -0.39 is 5.41 Å². The Morgan fingerprint density at radius 1 is 1.05 bits per heavy atom. The Hall–Kier alpha value is -2.37. The first-order valence-corrected chi connectivity index (χ1v) is 14.3. The average molecular weight is 524 g/mol. The monoisotopic (exact) mass is 523 g/mol. The summed E-state index contributed by atoms with van der Waals surface area (Å²) in [7, 11) is 0. The van der Waals surface area contributed by atoms with Crippen LogP contribution in [0.1, 0.15) is 81.4 Å². The van der Waals surface area contributed by atoms with E-state index in [0.29, 0.717) is 17.5 Å². The molecule has 200 valence electrons. The van der Waals surface area contributed by atoms with Gasteiger partial charge in [-0.25, -0.2) is 0 Å². The molecule has 1 aliphatic carbocycles. The number of hydrogen-bond donors (Lipinski definition) is 2. The molecule has 6 heteroatoms. The highest BCUT2D eigenvalue weighted by atomic mass is 35.5. The van der Waals surface area contributed by atoms with Crippen molar-refractivity contribution in [2.75, 3.05) is 31.5 Å². The van der Waals surface area contributed by atoms with Crippen LogP contribution in [0.2, 0.25) is 5.02 Å². The number of aryl methyl sites for hydroxylation is 1. The van der Waals surface area contributed by atoms with E-state index in [4.69, 9.17) is 11.6 Å². The zero-order valence-electron chi connectivity index (χ0n) is 22.6. The van der Waals surface area contributed by atoms with Gasteiger partial charge in [0, 0.05) is 23.2 Å². The number of likely N-dealkylation sites (tertiary alicyclic amines) is 1. The van der Waals surface area contributed by atoms with Gasteiger partial charge in [-0.2, -0.15) is 0 Å². The second-order valence-corrected chi connectivity index (χ2v) is 11.7. The molecular weight excluding hydrogens is 482 g/mol. The summed E-state index contributed by atoms with van der Waals surface area (Å²) in [4.78, 5) is 27.9. The van der Waals surface area contributed by atoms with Gasteiger partial charge in [-0.3, -0.25) is 9.59 Å². The number of halogens is 1. The van der Waals surface area contributed by atoms with Crippen molar-refractivity contribution in [3.63, 3.8) is 0 Å². The number of carbonyl (C=O) groups excluding carboxylic acids is 2. The highest BCUT2D eigenvalue weighted by Crippen LogP contribution is 2.41. The fraction of sp³-hybridized carbons (Fsp3) is 0.548. The number of amides is 2. The van der Waals surface area contributed by atoms with Gasteiger partial charge in [-0.05, 0) is 106 Å². The Kier molecular flexibility index (Phi) is 9.31. The molecule has 0 atom stereocenters. The van der Waals surface area contributed by atoms with Crippen molar-refractivity contribution in [1.82, 2.24) is 10.2 Å². The summed E-state index contributed by atoms with van der Waals surface area (Å²) < 4.78 is 0. The number of carbonyl (C=O) groups is 2. The first-order chi connectivity index (χ1) is 17.8. The molecule has 1 saturated heterocycles. The Morgan fingerprint density at radius 3 is 2.38 bits per heavy atom. The summed E-state index contributed by atoms with van der Waals surface area (Å²) in [5.41, 5.74) is 4.25. The van der Waals surface area contributed by atoms with E-state index in [-0.39, 0.29) is 17.7 Å². The van der Waals surface area contributed by atoms with Crippen LogP contribution in [0.15, 0.2) is 42.5 Å². The molecule has 2 aromatic carbocycles. The second-order valence-electron chi connectivity index (χ2n) is 11.2. The van der Waals surface area contributed by atoms with Crippen molar-refractivity contribution in [3.05, 3.63) is 64.2 Å². The molecule has 37 heavy (non-hydrogen) atoms. The number of anilines is 1. The summed E-state index contributed by atoms with van der Waals surface area (Å²) in [5.74, 6) is 0.724. The van der Waals surface area contributed by atoms with Crippen LogP contribution in [0.3, 0.4) is 0 Å². The largest absolute Gasteiger partial charge is 0.355 e. The molecule has 0 aromatic heterocycles. The van der Waals surface area contributed by atoms with Crippen LogP contribution in [0.5, 0.6) is 0 Å². The maximum Gasteiger partial charge on any atom is 0.230 e. The van der Waals surface area contributed by atoms with Gasteiger partial charge < -0.3 is 15.5 Å². The maximum atomic E-state index is 13.3. The number of piperidine rings is 1. The molecule has 0 bridgehead atoms. The normalized spacial score (nSPS) is 18.2. The van der Waals surface area contributed by atoms with E-state index in [1.165, 1.54) is 11.1 Å². The van der Waals surface area contributed by atoms with Gasteiger partial charge in [0.05, 0.1) is 5.41 Å². The zero-order valence-corrected chi connectivity index (χ0v) is 23.4. The number of hydrogen-bond acceptors (Lipinski definition) is 3. The Morgan fingerprint density at radius 2 is 1.73 bits per heavy atom. The molecule has 1 saturated carbocycles. The fourth-order valence-electron chi connectivity index (χ4n) is 5.98. The minimum absolute atomic E-state index is 0.0288. The molecule has 2 fully saturated rings. The van der Waals surface area contributed by atoms with Gasteiger partial charge in [-0.1, -0.05) is 56.5 Å². The number of nitrogens with one attached hydrogen (secondary N) is 2. The second kappa shape index (κ2) is 12.4. The van der Waals surface area contributed by atoms with Crippen LogP contribution in [-0.2, 0) is 15.0 Å². The standard InChI is InChI=1S/C31H42ClN3O2/c1-22(2)29(36)34-27-12-7-23(3)28(21-27)24-13-19-35(20-14-24)18-6-17-33-30(37)31(15-4-5-16-31)25-8-10-26(32)11-9-25/h7-12,21-22,24H,4-6,13-20H2,1-3H3,(H,33,37)(H,34,36). The van der Waals surface area contributed by atoms with Crippen LogP contribution in [0.4, 0.5) is 5.69 Å². The van der Waals surface area contributed by atoms with E-state index >= 15 is 0 Å². The fourth-order valence-corrected chi connectivity index (χ4v) is 6.11. The Balaban J connectivity index is 1.24. The molecule has 4 rings (SSSR count). The summed E-state index contributed by atoms with van der Waals surface area (Å²) in [5, 5.41) is 7.01. The molecule has 0 unspecified atom stereocenters. The van der Waals surface area contributed by atoms with Crippen molar-refractivity contribution in [2.45, 2.75) is 77.0 Å². The topological polar surface area (TPSA) is 61.4 Å². The third kappa shape index (κ3) is 6.74. The lowest BCUT2D eigenvalue weighted by Gasteiger charge is -2.33. The highest BCUT2D eigenvalue weighted by molar-refractivity contribution is 6.30. The molecule has 5 nitrogen and oxygen atoms in total. The van der Waals surface area contributed by atoms with Crippen LogP contribution in [0.25, 0.3) is 0 Å². The number of rotatable bonds is 9. The summed E-state index contributed by atoms with van der Waals surface area (Å²) >= 11 is 6.09. The molecule has 0 spiro atoms. The Labute approximate surface area is 227 Å². The summed E-state index contributed by atoms with van der Waals surface area (Å²) in [6, 6.07) is 14.1. The van der Waals surface area contributed by atoms with Crippen LogP contribution in [-0.4, -0.2) is 42.9 Å². The van der Waals surface area contributed by atoms with Crippen LogP contribution in [0, 0.1) is 12.8 Å². The number of nitrogens with zero attached hydrogens (tertiary/aromatic N) is 1. The van der Waals surface area contributed by atoms with Gasteiger partial charge in [-0.15, -0.1) is 0 Å². The quantitative estimate of drug-likeness (QED) is 0.372. The van der Waals surface area contributed by atoms with Gasteiger partial charge in [0.15, 0.2) is 0 Å². The van der Waals surface area contributed by atoms with Gasteiger partial charge in [0.2, 0.25) is 11.8 Å². The third-order valence-corrected chi connectivity index (χ3v) is 8.58. The van der Waals surface area contributed by atoms with Crippen molar-refractivity contribution >= 4 is 29.1 Å². The summed E-state index contributed by atoms with van der Waals surface area (Å²) in [6.45, 7) is 9.84. The van der Waals surface area contributed by atoms with Crippen molar-refractivity contribution < 1.29 is 9.59 Å². The minimum atomic E-state index is -0.399. The lowest BCUT2D eigenvalue weighted by Crippen LogP contribution is -2.43. The molecule has 2 N–H and O–H groups in total. The van der Waals surface area contributed by atoms with Crippen LogP contribution >= 0.6 is 11.6 Å². The van der Waals surface area contributed by atoms with E-state index in [2.05, 4.69) is 34.6 Å². The molecular formula is C31H42ClN3O2. The van der Waals surface area contributed by atoms with Gasteiger partial charge in [0.1, 0.15) is 0 Å². The van der Waals surface area contributed by atoms with Crippen molar-refractivity contribution in [3.8, 4) is 0 Å². The SMILES string of the molecule is Cc1ccc(NC(=O)C(C)C)cc1C1CCN(CCCNC(=O)C2(c3ccc(Cl)cc3)CCCC2)CC1. The molecule has 1 heterocycles.